The van der Waals surface area contributed by atoms with Gasteiger partial charge in [0.05, 0.1) is 5.56 Å². The molecular weight excluding hydrogens is 264 g/mol. The first-order valence-electron chi connectivity index (χ1n) is 8.08. The number of amides is 1. The zero-order chi connectivity index (χ0) is 15.1. The normalized spacial score (nSPS) is 26.8. The largest absolute Gasteiger partial charge is 0.466 e. The van der Waals surface area contributed by atoms with Gasteiger partial charge in [0.1, 0.15) is 11.5 Å². The predicted molar refractivity (Wildman–Crippen MR) is 82.6 cm³/mol. The number of hydrogen-bond acceptors (Lipinski definition) is 3. The van der Waals surface area contributed by atoms with Crippen LogP contribution in [0.4, 0.5) is 0 Å². The first-order valence-corrected chi connectivity index (χ1v) is 8.08. The Kier molecular flexibility index (Phi) is 3.82. The van der Waals surface area contributed by atoms with Gasteiger partial charge in [-0.2, -0.15) is 0 Å². The van der Waals surface area contributed by atoms with Crippen molar-refractivity contribution in [2.75, 3.05) is 20.1 Å². The molecular formula is C17H26N2O2. The van der Waals surface area contributed by atoms with Gasteiger partial charge < -0.3 is 14.2 Å². The van der Waals surface area contributed by atoms with Crippen LogP contribution in [0.15, 0.2) is 4.42 Å². The van der Waals surface area contributed by atoms with Crippen molar-refractivity contribution in [1.29, 1.82) is 0 Å². The monoisotopic (exact) mass is 290 g/mol. The summed E-state index contributed by atoms with van der Waals surface area (Å²) in [4.78, 5) is 17.6. The molecule has 0 bridgehead atoms. The van der Waals surface area contributed by atoms with Crippen LogP contribution in [0.2, 0.25) is 0 Å². The number of furan rings is 1. The maximum Gasteiger partial charge on any atom is 0.257 e. The molecule has 2 atom stereocenters. The summed E-state index contributed by atoms with van der Waals surface area (Å²) in [5.74, 6) is 1.80. The standard InChI is InChI=1S/C17H26N2O2/c1-11-12(2)21-13(3)16(11)17(20)19-10-6-8-15(19)14-7-5-9-18(14)4/h14-15H,5-10H2,1-4H3/t14-,15+/m0/s1. The van der Waals surface area contributed by atoms with Crippen molar-refractivity contribution < 1.29 is 9.21 Å². The summed E-state index contributed by atoms with van der Waals surface area (Å²) in [6.07, 6.45) is 4.72. The quantitative estimate of drug-likeness (QED) is 0.840. The Morgan fingerprint density at radius 3 is 2.29 bits per heavy atom. The third-order valence-corrected chi connectivity index (χ3v) is 5.36. The van der Waals surface area contributed by atoms with Gasteiger partial charge in [-0.25, -0.2) is 0 Å². The molecule has 4 heteroatoms. The number of hydrogen-bond donors (Lipinski definition) is 0. The van der Waals surface area contributed by atoms with Crippen LogP contribution in [-0.4, -0.2) is 47.9 Å². The predicted octanol–water partition coefficient (Wildman–Crippen LogP) is 2.90. The number of carbonyl (C=O) groups excluding carboxylic acids is 1. The van der Waals surface area contributed by atoms with E-state index in [1.54, 1.807) is 0 Å². The van der Waals surface area contributed by atoms with Gasteiger partial charge >= 0.3 is 0 Å². The minimum absolute atomic E-state index is 0.171. The molecule has 0 unspecified atom stereocenters. The Hall–Kier alpha value is -1.29. The molecule has 0 spiro atoms. The molecule has 1 aromatic rings. The molecule has 0 aliphatic carbocycles. The van der Waals surface area contributed by atoms with Crippen LogP contribution in [0.3, 0.4) is 0 Å². The van der Waals surface area contributed by atoms with E-state index >= 15 is 0 Å². The molecule has 3 heterocycles. The topological polar surface area (TPSA) is 36.7 Å². The average molecular weight is 290 g/mol. The lowest BCUT2D eigenvalue weighted by Crippen LogP contribution is -2.47. The summed E-state index contributed by atoms with van der Waals surface area (Å²) < 4.78 is 5.65. The summed E-state index contributed by atoms with van der Waals surface area (Å²) in [7, 11) is 2.19. The van der Waals surface area contributed by atoms with Gasteiger partial charge in [-0.15, -0.1) is 0 Å². The van der Waals surface area contributed by atoms with E-state index in [1.807, 2.05) is 20.8 Å². The molecule has 2 saturated heterocycles. The molecule has 0 aromatic carbocycles. The van der Waals surface area contributed by atoms with Crippen molar-refractivity contribution in [2.45, 2.75) is 58.5 Å². The third-order valence-electron chi connectivity index (χ3n) is 5.36. The first kappa shape index (κ1) is 14.6. The molecule has 0 N–H and O–H groups in total. The Bertz CT molecular complexity index is 549. The molecule has 0 saturated carbocycles. The number of carbonyl (C=O) groups is 1. The number of likely N-dealkylation sites (N-methyl/N-ethyl adjacent to an activating group) is 1. The zero-order valence-corrected chi connectivity index (χ0v) is 13.6. The highest BCUT2D eigenvalue weighted by Gasteiger charge is 2.39. The summed E-state index contributed by atoms with van der Waals surface area (Å²) in [5, 5.41) is 0. The molecule has 2 aliphatic rings. The fraction of sp³-hybridized carbons (Fsp3) is 0.706. The maximum atomic E-state index is 13.0. The van der Waals surface area contributed by atoms with Gasteiger partial charge in [0.2, 0.25) is 0 Å². The van der Waals surface area contributed by atoms with Crippen molar-refractivity contribution >= 4 is 5.91 Å². The van der Waals surface area contributed by atoms with Crippen LogP contribution in [0.1, 0.15) is 53.1 Å². The van der Waals surface area contributed by atoms with Gasteiger partial charge in [-0.3, -0.25) is 4.79 Å². The Morgan fingerprint density at radius 2 is 1.71 bits per heavy atom. The molecule has 2 aliphatic heterocycles. The molecule has 0 radical (unpaired) electrons. The fourth-order valence-corrected chi connectivity index (χ4v) is 4.12. The summed E-state index contributed by atoms with van der Waals surface area (Å²) in [6.45, 7) is 7.88. The number of rotatable bonds is 2. The van der Waals surface area contributed by atoms with E-state index in [1.165, 1.54) is 12.8 Å². The summed E-state index contributed by atoms with van der Waals surface area (Å²) >= 11 is 0. The number of aryl methyl sites for hydroxylation is 2. The molecule has 4 nitrogen and oxygen atoms in total. The van der Waals surface area contributed by atoms with Crippen molar-refractivity contribution in [3.05, 3.63) is 22.6 Å². The van der Waals surface area contributed by atoms with Crippen molar-refractivity contribution in [3.63, 3.8) is 0 Å². The lowest BCUT2D eigenvalue weighted by Gasteiger charge is -2.33. The van der Waals surface area contributed by atoms with Gasteiger partial charge in [0, 0.05) is 24.2 Å². The van der Waals surface area contributed by atoms with E-state index in [0.717, 1.165) is 48.6 Å². The highest BCUT2D eigenvalue weighted by molar-refractivity contribution is 5.97. The van der Waals surface area contributed by atoms with Crippen LogP contribution < -0.4 is 0 Å². The van der Waals surface area contributed by atoms with E-state index < -0.39 is 0 Å². The smallest absolute Gasteiger partial charge is 0.257 e. The minimum Gasteiger partial charge on any atom is -0.466 e. The van der Waals surface area contributed by atoms with Crippen LogP contribution >= 0.6 is 0 Å². The SMILES string of the molecule is Cc1oc(C)c(C(=O)N2CCC[C@@H]2[C@@H]2CCCN2C)c1C. The van der Waals surface area contributed by atoms with Gasteiger partial charge in [0.15, 0.2) is 0 Å². The van der Waals surface area contributed by atoms with E-state index in [2.05, 4.69) is 16.8 Å². The van der Waals surface area contributed by atoms with Crippen LogP contribution in [0, 0.1) is 20.8 Å². The van der Waals surface area contributed by atoms with Gasteiger partial charge in [0.25, 0.3) is 5.91 Å². The van der Waals surface area contributed by atoms with E-state index in [-0.39, 0.29) is 5.91 Å². The Labute approximate surface area is 127 Å². The summed E-state index contributed by atoms with van der Waals surface area (Å²) in [5.41, 5.74) is 1.79. The lowest BCUT2D eigenvalue weighted by molar-refractivity contribution is 0.0662. The van der Waals surface area contributed by atoms with Gasteiger partial charge in [-0.05, 0) is 60.0 Å². The highest BCUT2D eigenvalue weighted by Crippen LogP contribution is 2.32. The molecule has 21 heavy (non-hydrogen) atoms. The second kappa shape index (κ2) is 5.48. The molecule has 3 rings (SSSR count). The fourth-order valence-electron chi connectivity index (χ4n) is 4.12. The van der Waals surface area contributed by atoms with Crippen LogP contribution in [-0.2, 0) is 0 Å². The molecule has 1 aromatic heterocycles. The summed E-state index contributed by atoms with van der Waals surface area (Å²) in [6, 6.07) is 0.907. The zero-order valence-electron chi connectivity index (χ0n) is 13.6. The van der Waals surface area contributed by atoms with E-state index in [0.29, 0.717) is 12.1 Å². The minimum atomic E-state index is 0.171. The van der Waals surface area contributed by atoms with Crippen LogP contribution in [0.25, 0.3) is 0 Å². The third kappa shape index (κ3) is 2.39. The number of likely N-dealkylation sites (tertiary alicyclic amines) is 2. The van der Waals surface area contributed by atoms with E-state index in [4.69, 9.17) is 4.42 Å². The van der Waals surface area contributed by atoms with Crippen molar-refractivity contribution in [1.82, 2.24) is 9.80 Å². The number of nitrogens with zero attached hydrogens (tertiary/aromatic N) is 2. The van der Waals surface area contributed by atoms with Crippen molar-refractivity contribution in [3.8, 4) is 0 Å². The molecule has 2 fully saturated rings. The molecule has 116 valence electrons. The molecule has 1 amide bonds. The second-order valence-electron chi connectivity index (χ2n) is 6.61. The Morgan fingerprint density at radius 1 is 1.05 bits per heavy atom. The van der Waals surface area contributed by atoms with E-state index in [9.17, 15) is 4.79 Å². The second-order valence-corrected chi connectivity index (χ2v) is 6.61. The average Bonchev–Trinajstić information content (AvgIpc) is 3.10. The Balaban J connectivity index is 1.86. The van der Waals surface area contributed by atoms with Gasteiger partial charge in [-0.1, -0.05) is 0 Å². The lowest BCUT2D eigenvalue weighted by atomic mass is 10.0. The highest BCUT2D eigenvalue weighted by atomic mass is 16.3. The first-order chi connectivity index (χ1) is 10.0. The van der Waals surface area contributed by atoms with Crippen molar-refractivity contribution in [2.24, 2.45) is 0 Å². The maximum absolute atomic E-state index is 13.0. The van der Waals surface area contributed by atoms with Crippen LogP contribution in [0.5, 0.6) is 0 Å².